The molecule has 2 aromatic rings. The normalized spacial score (nSPS) is 11.3. The van der Waals surface area contributed by atoms with E-state index in [0.717, 1.165) is 12.1 Å². The van der Waals surface area contributed by atoms with Gasteiger partial charge in [-0.25, -0.2) is 9.97 Å². The Morgan fingerprint density at radius 1 is 1.29 bits per heavy atom. The first kappa shape index (κ1) is 15.2. The standard InChI is InChI=1S/C12H8ClF3N4O/c1-6-4-9(13)19-11(18-6)20-10(21)8-3-2-7(5-17-8)12(14,15)16/h2-5H,1H3,(H,18,19,20,21). The maximum atomic E-state index is 12.4. The molecule has 0 saturated carbocycles. The fraction of sp³-hybridized carbons (Fsp3) is 0.167. The summed E-state index contributed by atoms with van der Waals surface area (Å²) in [5, 5.41) is 2.45. The van der Waals surface area contributed by atoms with Crippen LogP contribution in [0.15, 0.2) is 24.4 Å². The number of anilines is 1. The molecule has 0 aliphatic rings. The zero-order chi connectivity index (χ0) is 15.6. The van der Waals surface area contributed by atoms with Crippen molar-refractivity contribution in [2.45, 2.75) is 13.1 Å². The molecule has 0 unspecified atom stereocenters. The molecular weight excluding hydrogens is 309 g/mol. The summed E-state index contributed by atoms with van der Waals surface area (Å²) >= 11 is 5.71. The third-order valence-electron chi connectivity index (χ3n) is 2.37. The Hall–Kier alpha value is -2.22. The number of nitrogens with zero attached hydrogens (tertiary/aromatic N) is 3. The van der Waals surface area contributed by atoms with Crippen molar-refractivity contribution in [3.63, 3.8) is 0 Å². The van der Waals surface area contributed by atoms with Gasteiger partial charge >= 0.3 is 6.18 Å². The minimum Gasteiger partial charge on any atom is -0.289 e. The number of aryl methyl sites for hydroxylation is 1. The monoisotopic (exact) mass is 316 g/mol. The van der Waals surface area contributed by atoms with Gasteiger partial charge in [0.1, 0.15) is 10.8 Å². The van der Waals surface area contributed by atoms with Gasteiger partial charge in [-0.2, -0.15) is 13.2 Å². The van der Waals surface area contributed by atoms with Crippen molar-refractivity contribution in [1.29, 1.82) is 0 Å². The van der Waals surface area contributed by atoms with Crippen molar-refractivity contribution in [1.82, 2.24) is 15.0 Å². The number of pyridine rings is 1. The van der Waals surface area contributed by atoms with Gasteiger partial charge in [0.15, 0.2) is 0 Å². The summed E-state index contributed by atoms with van der Waals surface area (Å²) in [4.78, 5) is 23.0. The van der Waals surface area contributed by atoms with Crippen molar-refractivity contribution in [3.8, 4) is 0 Å². The molecule has 21 heavy (non-hydrogen) atoms. The summed E-state index contributed by atoms with van der Waals surface area (Å²) in [7, 11) is 0. The third-order valence-corrected chi connectivity index (χ3v) is 2.57. The maximum absolute atomic E-state index is 12.4. The van der Waals surface area contributed by atoms with Crippen LogP contribution in [0.1, 0.15) is 21.7 Å². The number of amides is 1. The lowest BCUT2D eigenvalue weighted by molar-refractivity contribution is -0.137. The van der Waals surface area contributed by atoms with E-state index in [1.54, 1.807) is 6.92 Å². The van der Waals surface area contributed by atoms with Crippen LogP contribution in [-0.2, 0) is 6.18 Å². The minimum atomic E-state index is -4.50. The van der Waals surface area contributed by atoms with Crippen LogP contribution < -0.4 is 5.32 Å². The Bertz CT molecular complexity index is 653. The summed E-state index contributed by atoms with van der Waals surface area (Å²) in [5.41, 5.74) is -0.594. The van der Waals surface area contributed by atoms with E-state index in [1.165, 1.54) is 6.07 Å². The van der Waals surface area contributed by atoms with Crippen molar-refractivity contribution in [3.05, 3.63) is 46.5 Å². The van der Waals surface area contributed by atoms with Crippen molar-refractivity contribution in [2.75, 3.05) is 5.32 Å². The smallest absolute Gasteiger partial charge is 0.289 e. The predicted molar refractivity (Wildman–Crippen MR) is 69.0 cm³/mol. The van der Waals surface area contributed by atoms with Crippen molar-refractivity contribution in [2.24, 2.45) is 0 Å². The highest BCUT2D eigenvalue weighted by Gasteiger charge is 2.30. The molecule has 2 rings (SSSR count). The van der Waals surface area contributed by atoms with Gasteiger partial charge in [-0.15, -0.1) is 0 Å². The van der Waals surface area contributed by atoms with Crippen LogP contribution in [0.4, 0.5) is 19.1 Å². The lowest BCUT2D eigenvalue weighted by Crippen LogP contribution is -2.16. The second kappa shape index (κ2) is 5.65. The van der Waals surface area contributed by atoms with Crippen LogP contribution in [0, 0.1) is 6.92 Å². The molecule has 2 aromatic heterocycles. The molecule has 110 valence electrons. The lowest BCUT2D eigenvalue weighted by atomic mass is 10.2. The summed E-state index contributed by atoms with van der Waals surface area (Å²) < 4.78 is 37.1. The number of carbonyl (C=O) groups is 1. The number of hydrogen-bond donors (Lipinski definition) is 1. The molecule has 1 N–H and O–H groups in total. The minimum absolute atomic E-state index is 0.0494. The molecule has 0 saturated heterocycles. The third kappa shape index (κ3) is 3.88. The largest absolute Gasteiger partial charge is 0.417 e. The average molecular weight is 317 g/mol. The van der Waals surface area contributed by atoms with E-state index >= 15 is 0 Å². The second-order valence-electron chi connectivity index (χ2n) is 4.04. The number of aromatic nitrogens is 3. The molecule has 0 spiro atoms. The molecule has 9 heteroatoms. The van der Waals surface area contributed by atoms with E-state index in [1.807, 2.05) is 0 Å². The zero-order valence-electron chi connectivity index (χ0n) is 10.6. The number of halogens is 4. The second-order valence-corrected chi connectivity index (χ2v) is 4.43. The molecule has 0 bridgehead atoms. The summed E-state index contributed by atoms with van der Waals surface area (Å²) in [6.45, 7) is 1.65. The van der Waals surface area contributed by atoms with Crippen LogP contribution in [-0.4, -0.2) is 20.9 Å². The summed E-state index contributed by atoms with van der Waals surface area (Å²) in [6.07, 6.45) is -3.92. The van der Waals surface area contributed by atoms with Crippen LogP contribution in [0.2, 0.25) is 5.15 Å². The van der Waals surface area contributed by atoms with Gasteiger partial charge in [-0.05, 0) is 25.1 Å². The summed E-state index contributed by atoms with van der Waals surface area (Å²) in [6, 6.07) is 3.23. The molecule has 5 nitrogen and oxygen atoms in total. The highest BCUT2D eigenvalue weighted by molar-refractivity contribution is 6.29. The van der Waals surface area contributed by atoms with E-state index < -0.39 is 17.6 Å². The average Bonchev–Trinajstić information content (AvgIpc) is 2.36. The first-order chi connectivity index (χ1) is 9.75. The molecule has 0 fully saturated rings. The Labute approximate surface area is 122 Å². The van der Waals surface area contributed by atoms with E-state index in [-0.39, 0.29) is 16.8 Å². The number of nitrogens with one attached hydrogen (secondary N) is 1. The van der Waals surface area contributed by atoms with Gasteiger partial charge in [-0.1, -0.05) is 11.6 Å². The first-order valence-corrected chi connectivity index (χ1v) is 5.99. The van der Waals surface area contributed by atoms with Crippen molar-refractivity contribution < 1.29 is 18.0 Å². The number of hydrogen-bond acceptors (Lipinski definition) is 4. The van der Waals surface area contributed by atoms with E-state index in [9.17, 15) is 18.0 Å². The van der Waals surface area contributed by atoms with Gasteiger partial charge in [0.2, 0.25) is 5.95 Å². The predicted octanol–water partition coefficient (Wildman–Crippen LogP) is 3.10. The number of rotatable bonds is 2. The topological polar surface area (TPSA) is 67.8 Å². The molecular formula is C12H8ClF3N4O. The highest BCUT2D eigenvalue weighted by Crippen LogP contribution is 2.28. The van der Waals surface area contributed by atoms with Crippen LogP contribution >= 0.6 is 11.6 Å². The molecule has 0 radical (unpaired) electrons. The molecule has 0 atom stereocenters. The van der Waals surface area contributed by atoms with Crippen LogP contribution in [0.5, 0.6) is 0 Å². The number of alkyl halides is 3. The first-order valence-electron chi connectivity index (χ1n) is 5.61. The lowest BCUT2D eigenvalue weighted by Gasteiger charge is -2.07. The van der Waals surface area contributed by atoms with Crippen LogP contribution in [0.25, 0.3) is 0 Å². The van der Waals surface area contributed by atoms with E-state index in [2.05, 4.69) is 20.3 Å². The van der Waals surface area contributed by atoms with E-state index in [0.29, 0.717) is 11.9 Å². The summed E-state index contributed by atoms with van der Waals surface area (Å²) in [5.74, 6) is -0.780. The Balaban J connectivity index is 2.17. The van der Waals surface area contributed by atoms with Gasteiger partial charge in [0.05, 0.1) is 5.56 Å². The van der Waals surface area contributed by atoms with E-state index in [4.69, 9.17) is 11.6 Å². The number of carbonyl (C=O) groups excluding carboxylic acids is 1. The SMILES string of the molecule is Cc1cc(Cl)nc(NC(=O)c2ccc(C(F)(F)F)cn2)n1. The van der Waals surface area contributed by atoms with Crippen LogP contribution in [0.3, 0.4) is 0 Å². The Kier molecular flexibility index (Phi) is 4.08. The van der Waals surface area contributed by atoms with Gasteiger partial charge < -0.3 is 0 Å². The zero-order valence-corrected chi connectivity index (χ0v) is 11.3. The Morgan fingerprint density at radius 3 is 2.52 bits per heavy atom. The Morgan fingerprint density at radius 2 is 2.00 bits per heavy atom. The quantitative estimate of drug-likeness (QED) is 0.864. The fourth-order valence-electron chi connectivity index (χ4n) is 1.45. The highest BCUT2D eigenvalue weighted by atomic mass is 35.5. The molecule has 0 aromatic carbocycles. The van der Waals surface area contributed by atoms with Gasteiger partial charge in [0, 0.05) is 11.9 Å². The molecule has 2 heterocycles. The maximum Gasteiger partial charge on any atom is 0.417 e. The molecule has 0 aliphatic carbocycles. The van der Waals surface area contributed by atoms with Crippen molar-refractivity contribution >= 4 is 23.5 Å². The molecule has 1 amide bonds. The fourth-order valence-corrected chi connectivity index (χ4v) is 1.69. The van der Waals surface area contributed by atoms with Gasteiger partial charge in [-0.3, -0.25) is 15.1 Å². The van der Waals surface area contributed by atoms with Gasteiger partial charge in [0.25, 0.3) is 5.91 Å². The molecule has 0 aliphatic heterocycles.